The van der Waals surface area contributed by atoms with Crippen molar-refractivity contribution < 1.29 is 14.3 Å². The van der Waals surface area contributed by atoms with Crippen molar-refractivity contribution in [2.75, 3.05) is 0 Å². The van der Waals surface area contributed by atoms with Gasteiger partial charge in [-0.05, 0) is 38.5 Å². The van der Waals surface area contributed by atoms with Gasteiger partial charge in [0.1, 0.15) is 0 Å². The highest BCUT2D eigenvalue weighted by molar-refractivity contribution is 5.90. The first-order valence-corrected chi connectivity index (χ1v) is 21.8. The molecule has 47 heavy (non-hydrogen) atoms. The van der Waals surface area contributed by atoms with Crippen molar-refractivity contribution in [2.45, 2.75) is 265 Å². The Balaban J connectivity index is 5.79. The first-order valence-electron chi connectivity index (χ1n) is 21.8. The predicted molar refractivity (Wildman–Crippen MR) is 207 cm³/mol. The number of carbonyl (C=O) groups excluding carboxylic acids is 2. The van der Waals surface area contributed by atoms with E-state index in [1.165, 1.54) is 141 Å². The van der Waals surface area contributed by atoms with Crippen LogP contribution in [0.4, 0.5) is 0 Å². The number of hydrogen-bond acceptors (Lipinski definition) is 3. The number of hydrogen-bond donors (Lipinski definition) is 0. The van der Waals surface area contributed by atoms with Crippen LogP contribution < -0.4 is 0 Å². The number of ketones is 1. The monoisotopic (exact) mass is 663 g/mol. The fourth-order valence-corrected chi connectivity index (χ4v) is 7.46. The van der Waals surface area contributed by atoms with E-state index in [2.05, 4.69) is 34.6 Å². The second-order valence-electron chi connectivity index (χ2n) is 15.1. The summed E-state index contributed by atoms with van der Waals surface area (Å²) in [7, 11) is 0. The second kappa shape index (κ2) is 35.0. The Kier molecular flexibility index (Phi) is 34.3. The minimum atomic E-state index is -0.915. The first kappa shape index (κ1) is 46.1. The molecule has 0 aliphatic carbocycles. The maximum atomic E-state index is 14.5. The molecule has 0 fully saturated rings. The molecule has 0 N–H and O–H groups in total. The molecular weight excluding hydrogens is 576 g/mol. The van der Waals surface area contributed by atoms with Gasteiger partial charge < -0.3 is 4.74 Å². The minimum absolute atomic E-state index is 0.0992. The van der Waals surface area contributed by atoms with Crippen LogP contribution in [0.3, 0.4) is 0 Å². The molecule has 0 aromatic heterocycles. The Morgan fingerprint density at radius 2 is 0.723 bits per heavy atom. The molecule has 0 rings (SSSR count). The van der Waals surface area contributed by atoms with Crippen LogP contribution in [0.1, 0.15) is 259 Å². The highest BCUT2D eigenvalue weighted by Gasteiger charge is 2.47. The molecule has 0 aromatic rings. The van der Waals surface area contributed by atoms with E-state index < -0.39 is 5.60 Å². The van der Waals surface area contributed by atoms with Crippen LogP contribution in [0.2, 0.25) is 0 Å². The van der Waals surface area contributed by atoms with Gasteiger partial charge in [0.2, 0.25) is 0 Å². The molecule has 280 valence electrons. The van der Waals surface area contributed by atoms with Gasteiger partial charge >= 0.3 is 5.97 Å². The number of rotatable bonds is 38. The van der Waals surface area contributed by atoms with E-state index in [1.807, 2.05) is 0 Å². The quantitative estimate of drug-likeness (QED) is 0.0488. The molecule has 0 heterocycles. The lowest BCUT2D eigenvalue weighted by atomic mass is 9.73. The average Bonchev–Trinajstić information content (AvgIpc) is 3.07. The third kappa shape index (κ3) is 25.7. The van der Waals surface area contributed by atoms with E-state index in [0.717, 1.165) is 70.6 Å². The summed E-state index contributed by atoms with van der Waals surface area (Å²) in [6, 6.07) is 0. The molecule has 0 amide bonds. The minimum Gasteiger partial charge on any atom is -0.451 e. The molecule has 0 saturated carbocycles. The van der Waals surface area contributed by atoms with Crippen LogP contribution in [0.25, 0.3) is 0 Å². The van der Waals surface area contributed by atoms with Crippen LogP contribution in [-0.2, 0) is 14.3 Å². The Morgan fingerprint density at radius 3 is 1.15 bits per heavy atom. The number of unbranched alkanes of at least 4 members (excludes halogenated alkanes) is 25. The van der Waals surface area contributed by atoms with Crippen molar-refractivity contribution in [3.63, 3.8) is 0 Å². The van der Waals surface area contributed by atoms with Gasteiger partial charge in [0.05, 0.1) is 0 Å². The Labute approximate surface area is 296 Å². The number of esters is 1. The summed E-state index contributed by atoms with van der Waals surface area (Å²) in [4.78, 5) is 28.2. The van der Waals surface area contributed by atoms with Gasteiger partial charge in [-0.3, -0.25) is 9.59 Å². The zero-order valence-corrected chi connectivity index (χ0v) is 33.1. The second-order valence-corrected chi connectivity index (χ2v) is 15.1. The lowest BCUT2D eigenvalue weighted by molar-refractivity contribution is -0.177. The number of ether oxygens (including phenoxy) is 1. The molecule has 2 unspecified atom stereocenters. The highest BCUT2D eigenvalue weighted by Crippen LogP contribution is 2.39. The fourth-order valence-electron chi connectivity index (χ4n) is 7.46. The topological polar surface area (TPSA) is 43.4 Å². The molecule has 0 saturated heterocycles. The molecule has 0 aromatic carbocycles. The van der Waals surface area contributed by atoms with Gasteiger partial charge in [-0.2, -0.15) is 0 Å². The lowest BCUT2D eigenvalue weighted by Crippen LogP contribution is -2.50. The normalized spacial score (nSPS) is 13.5. The van der Waals surface area contributed by atoms with E-state index in [9.17, 15) is 9.59 Å². The standard InChI is InChI=1S/C44H86O3/c1-6-11-16-21-24-25-27-30-34-39-43(46)47-44(40-35-20-15-10-5,42(45)38-33-29-26-22-17-12-7-2)41(36-31-19-14-9-4)37-32-28-23-18-13-8-3/h41H,6-40H2,1-5H3. The summed E-state index contributed by atoms with van der Waals surface area (Å²) in [5.74, 6) is 0.323. The highest BCUT2D eigenvalue weighted by atomic mass is 16.6. The Hall–Kier alpha value is -0.860. The van der Waals surface area contributed by atoms with Crippen molar-refractivity contribution in [3.8, 4) is 0 Å². The summed E-state index contributed by atoms with van der Waals surface area (Å²) in [6.07, 6.45) is 40.3. The maximum Gasteiger partial charge on any atom is 0.306 e. The Morgan fingerprint density at radius 1 is 0.404 bits per heavy atom. The van der Waals surface area contributed by atoms with Crippen molar-refractivity contribution in [1.29, 1.82) is 0 Å². The van der Waals surface area contributed by atoms with Gasteiger partial charge in [-0.25, -0.2) is 0 Å². The van der Waals surface area contributed by atoms with Crippen molar-refractivity contribution in [1.82, 2.24) is 0 Å². The van der Waals surface area contributed by atoms with E-state index >= 15 is 0 Å². The third-order valence-electron chi connectivity index (χ3n) is 10.6. The van der Waals surface area contributed by atoms with Crippen LogP contribution in [0.15, 0.2) is 0 Å². The molecule has 2 atom stereocenters. The average molecular weight is 663 g/mol. The van der Waals surface area contributed by atoms with Crippen LogP contribution >= 0.6 is 0 Å². The van der Waals surface area contributed by atoms with Crippen molar-refractivity contribution in [2.24, 2.45) is 5.92 Å². The van der Waals surface area contributed by atoms with Crippen LogP contribution in [-0.4, -0.2) is 17.4 Å². The van der Waals surface area contributed by atoms with Gasteiger partial charge in [-0.15, -0.1) is 0 Å². The summed E-state index contributed by atoms with van der Waals surface area (Å²) >= 11 is 0. The smallest absolute Gasteiger partial charge is 0.306 e. The Bertz CT molecular complexity index is 673. The SMILES string of the molecule is CCCCCCCCCCCC(=O)OC(CCCCCC)(C(=O)CCCCCCCCC)C(CCCCCC)CCCCCCCC. The summed E-state index contributed by atoms with van der Waals surface area (Å²) < 4.78 is 6.69. The van der Waals surface area contributed by atoms with Crippen molar-refractivity contribution >= 4 is 11.8 Å². The molecule has 3 heteroatoms. The summed E-state index contributed by atoms with van der Waals surface area (Å²) in [5, 5.41) is 0. The molecule has 3 nitrogen and oxygen atoms in total. The van der Waals surface area contributed by atoms with Crippen molar-refractivity contribution in [3.05, 3.63) is 0 Å². The maximum absolute atomic E-state index is 14.5. The zero-order valence-electron chi connectivity index (χ0n) is 33.1. The molecule has 0 aliphatic rings. The summed E-state index contributed by atoms with van der Waals surface area (Å²) in [5.41, 5.74) is -0.915. The van der Waals surface area contributed by atoms with Gasteiger partial charge in [0.15, 0.2) is 11.4 Å². The molecular formula is C44H86O3. The fraction of sp³-hybridized carbons (Fsp3) is 0.955. The molecule has 0 radical (unpaired) electrons. The van der Waals surface area contributed by atoms with Crippen LogP contribution in [0.5, 0.6) is 0 Å². The van der Waals surface area contributed by atoms with Gasteiger partial charge in [0.25, 0.3) is 0 Å². The zero-order chi connectivity index (χ0) is 34.7. The first-order chi connectivity index (χ1) is 23.0. The van der Waals surface area contributed by atoms with E-state index in [-0.39, 0.29) is 17.7 Å². The summed E-state index contributed by atoms with van der Waals surface area (Å²) in [6.45, 7) is 11.3. The van der Waals surface area contributed by atoms with Crippen LogP contribution in [0, 0.1) is 5.92 Å². The van der Waals surface area contributed by atoms with E-state index in [1.54, 1.807) is 0 Å². The van der Waals surface area contributed by atoms with Gasteiger partial charge in [-0.1, -0.05) is 208 Å². The van der Waals surface area contributed by atoms with E-state index in [4.69, 9.17) is 4.74 Å². The molecule has 0 aliphatic heterocycles. The predicted octanol–water partition coefficient (Wildman–Crippen LogP) is 15.2. The number of carbonyl (C=O) groups is 2. The molecule has 0 spiro atoms. The largest absolute Gasteiger partial charge is 0.451 e. The van der Waals surface area contributed by atoms with E-state index in [0.29, 0.717) is 12.8 Å². The number of Topliss-reactive ketones (excluding diaryl/α,β-unsaturated/α-hetero) is 1. The lowest BCUT2D eigenvalue weighted by Gasteiger charge is -2.40. The third-order valence-corrected chi connectivity index (χ3v) is 10.6. The molecule has 0 bridgehead atoms. The van der Waals surface area contributed by atoms with Gasteiger partial charge in [0, 0.05) is 18.8 Å².